The highest BCUT2D eigenvalue weighted by molar-refractivity contribution is 8.00. The first-order chi connectivity index (χ1) is 11.6. The fraction of sp³-hybridized carbons (Fsp3) is 0.278. The number of thioether (sulfide) groups is 1. The van der Waals surface area contributed by atoms with Gasteiger partial charge in [0.2, 0.25) is 5.91 Å². The average molecular weight is 366 g/mol. The van der Waals surface area contributed by atoms with E-state index in [1.165, 1.54) is 11.8 Å². The number of hydrogen-bond donors (Lipinski definition) is 1. The van der Waals surface area contributed by atoms with Gasteiger partial charge in [0.1, 0.15) is 0 Å². The van der Waals surface area contributed by atoms with Crippen molar-refractivity contribution in [1.82, 2.24) is 0 Å². The first-order valence-corrected chi connectivity index (χ1v) is 9.07. The van der Waals surface area contributed by atoms with E-state index in [9.17, 15) is 4.79 Å². The second-order valence-corrected chi connectivity index (χ2v) is 6.22. The highest BCUT2D eigenvalue weighted by Gasteiger charge is 2.09. The van der Waals surface area contributed by atoms with Crippen LogP contribution in [0.25, 0.3) is 0 Å². The van der Waals surface area contributed by atoms with Gasteiger partial charge < -0.3 is 14.8 Å². The Hall–Kier alpha value is -1.85. The Labute approximate surface area is 151 Å². The summed E-state index contributed by atoms with van der Waals surface area (Å²) in [7, 11) is 0. The molecule has 0 aliphatic rings. The van der Waals surface area contributed by atoms with Gasteiger partial charge >= 0.3 is 0 Å². The molecule has 0 aliphatic heterocycles. The second-order valence-electron chi connectivity index (χ2n) is 4.79. The van der Waals surface area contributed by atoms with Crippen molar-refractivity contribution in [3.63, 3.8) is 0 Å². The number of amides is 1. The van der Waals surface area contributed by atoms with E-state index in [0.29, 0.717) is 35.4 Å². The normalized spacial score (nSPS) is 10.3. The van der Waals surface area contributed by atoms with Crippen molar-refractivity contribution in [3.05, 3.63) is 47.5 Å². The van der Waals surface area contributed by atoms with Crippen LogP contribution in [-0.4, -0.2) is 24.9 Å². The lowest BCUT2D eigenvalue weighted by Crippen LogP contribution is -2.14. The predicted octanol–water partition coefficient (Wildman–Crippen LogP) is 4.87. The number of carbonyl (C=O) groups is 1. The summed E-state index contributed by atoms with van der Waals surface area (Å²) < 4.78 is 11.1. The number of benzene rings is 2. The van der Waals surface area contributed by atoms with Gasteiger partial charge in [-0.25, -0.2) is 0 Å². The maximum Gasteiger partial charge on any atom is 0.234 e. The van der Waals surface area contributed by atoms with Gasteiger partial charge in [-0.3, -0.25) is 4.79 Å². The van der Waals surface area contributed by atoms with Crippen LogP contribution in [0.4, 0.5) is 5.69 Å². The Morgan fingerprint density at radius 3 is 2.50 bits per heavy atom. The van der Waals surface area contributed by atoms with Gasteiger partial charge in [-0.05, 0) is 38.1 Å². The van der Waals surface area contributed by atoms with Crippen molar-refractivity contribution in [1.29, 1.82) is 0 Å². The number of rotatable bonds is 8. The van der Waals surface area contributed by atoms with E-state index in [0.717, 1.165) is 4.90 Å². The molecule has 0 saturated heterocycles. The lowest BCUT2D eigenvalue weighted by atomic mass is 10.2. The molecular weight excluding hydrogens is 346 g/mol. The van der Waals surface area contributed by atoms with Crippen LogP contribution in [0, 0.1) is 0 Å². The summed E-state index contributed by atoms with van der Waals surface area (Å²) in [5.74, 6) is 1.46. The lowest BCUT2D eigenvalue weighted by Gasteiger charge is -2.13. The minimum atomic E-state index is -0.105. The minimum absolute atomic E-state index is 0.105. The van der Waals surface area contributed by atoms with Crippen LogP contribution in [-0.2, 0) is 4.79 Å². The van der Waals surface area contributed by atoms with Gasteiger partial charge in [-0.1, -0.05) is 23.7 Å². The summed E-state index contributed by atoms with van der Waals surface area (Å²) in [4.78, 5) is 13.0. The molecule has 0 aromatic heterocycles. The van der Waals surface area contributed by atoms with Gasteiger partial charge in [-0.2, -0.15) is 0 Å². The van der Waals surface area contributed by atoms with E-state index in [-0.39, 0.29) is 11.7 Å². The van der Waals surface area contributed by atoms with Crippen LogP contribution >= 0.6 is 23.4 Å². The van der Waals surface area contributed by atoms with Crippen LogP contribution in [0.1, 0.15) is 13.8 Å². The minimum Gasteiger partial charge on any atom is -0.490 e. The molecule has 1 amide bonds. The third-order valence-electron chi connectivity index (χ3n) is 3.02. The van der Waals surface area contributed by atoms with Crippen LogP contribution in [0.3, 0.4) is 0 Å². The van der Waals surface area contributed by atoms with E-state index in [4.69, 9.17) is 21.1 Å². The molecule has 0 bridgehead atoms. The quantitative estimate of drug-likeness (QED) is 0.678. The molecule has 128 valence electrons. The number of nitrogens with one attached hydrogen (secondary N) is 1. The molecule has 0 radical (unpaired) electrons. The van der Waals surface area contributed by atoms with Crippen molar-refractivity contribution < 1.29 is 14.3 Å². The molecule has 0 atom stereocenters. The maximum absolute atomic E-state index is 12.1. The largest absolute Gasteiger partial charge is 0.490 e. The Morgan fingerprint density at radius 2 is 1.79 bits per heavy atom. The molecular formula is C18H20ClNO3S. The number of ether oxygens (including phenoxy) is 2. The van der Waals surface area contributed by atoms with Gasteiger partial charge in [0, 0.05) is 16.6 Å². The van der Waals surface area contributed by atoms with Gasteiger partial charge in [0.25, 0.3) is 0 Å². The van der Waals surface area contributed by atoms with Crippen molar-refractivity contribution in [2.45, 2.75) is 18.7 Å². The summed E-state index contributed by atoms with van der Waals surface area (Å²) >= 11 is 7.49. The van der Waals surface area contributed by atoms with Crippen molar-refractivity contribution >= 4 is 35.0 Å². The first-order valence-electron chi connectivity index (χ1n) is 7.70. The molecule has 0 fully saturated rings. The molecule has 2 aromatic rings. The third kappa shape index (κ3) is 5.35. The van der Waals surface area contributed by atoms with Crippen molar-refractivity contribution in [2.24, 2.45) is 0 Å². The molecule has 2 aromatic carbocycles. The lowest BCUT2D eigenvalue weighted by molar-refractivity contribution is -0.113. The Morgan fingerprint density at radius 1 is 1.08 bits per heavy atom. The van der Waals surface area contributed by atoms with E-state index in [2.05, 4.69) is 5.32 Å². The number of halogens is 1. The Kier molecular flexibility index (Phi) is 7.28. The zero-order valence-corrected chi connectivity index (χ0v) is 15.2. The molecule has 0 aliphatic carbocycles. The fourth-order valence-corrected chi connectivity index (χ4v) is 3.07. The molecule has 2 rings (SSSR count). The number of hydrogen-bond acceptors (Lipinski definition) is 4. The molecule has 4 nitrogen and oxygen atoms in total. The van der Waals surface area contributed by atoms with Gasteiger partial charge in [0.05, 0.1) is 24.0 Å². The average Bonchev–Trinajstić information content (AvgIpc) is 2.57. The van der Waals surface area contributed by atoms with Crippen LogP contribution in [0.2, 0.25) is 5.02 Å². The summed E-state index contributed by atoms with van der Waals surface area (Å²) in [6, 6.07) is 12.8. The summed E-state index contributed by atoms with van der Waals surface area (Å²) in [5.41, 5.74) is 0.673. The fourth-order valence-electron chi connectivity index (χ4n) is 2.03. The second kappa shape index (κ2) is 9.45. The molecule has 0 heterocycles. The third-order valence-corrected chi connectivity index (χ3v) is 4.54. The zero-order valence-electron chi connectivity index (χ0n) is 13.7. The molecule has 0 spiro atoms. The Balaban J connectivity index is 1.98. The Bertz CT molecular complexity index is 694. The van der Waals surface area contributed by atoms with Gasteiger partial charge in [-0.15, -0.1) is 11.8 Å². The molecule has 1 N–H and O–H groups in total. The maximum atomic E-state index is 12.1. The van der Waals surface area contributed by atoms with E-state index >= 15 is 0 Å². The standard InChI is InChI=1S/C18H20ClNO3S/c1-3-22-15-10-9-13(11-16(15)23-4-2)20-18(21)12-24-17-8-6-5-7-14(17)19/h5-11H,3-4,12H2,1-2H3,(H,20,21). The van der Waals surface area contributed by atoms with Crippen molar-refractivity contribution in [3.8, 4) is 11.5 Å². The van der Waals surface area contributed by atoms with E-state index in [1.807, 2.05) is 38.1 Å². The molecule has 0 saturated carbocycles. The highest BCUT2D eigenvalue weighted by atomic mass is 35.5. The van der Waals surface area contributed by atoms with E-state index in [1.54, 1.807) is 18.2 Å². The molecule has 0 unspecified atom stereocenters. The molecule has 6 heteroatoms. The summed E-state index contributed by atoms with van der Waals surface area (Å²) in [6.45, 7) is 4.90. The van der Waals surface area contributed by atoms with Crippen molar-refractivity contribution in [2.75, 3.05) is 24.3 Å². The number of anilines is 1. The highest BCUT2D eigenvalue weighted by Crippen LogP contribution is 2.31. The summed E-state index contributed by atoms with van der Waals surface area (Å²) in [5, 5.41) is 3.51. The molecule has 24 heavy (non-hydrogen) atoms. The van der Waals surface area contributed by atoms with E-state index < -0.39 is 0 Å². The monoisotopic (exact) mass is 365 g/mol. The van der Waals surface area contributed by atoms with Gasteiger partial charge in [0.15, 0.2) is 11.5 Å². The number of carbonyl (C=O) groups excluding carboxylic acids is 1. The first kappa shape index (κ1) is 18.5. The summed E-state index contributed by atoms with van der Waals surface area (Å²) in [6.07, 6.45) is 0. The van der Waals surface area contributed by atoms with Crippen LogP contribution in [0.5, 0.6) is 11.5 Å². The topological polar surface area (TPSA) is 47.6 Å². The predicted molar refractivity (Wildman–Crippen MR) is 99.6 cm³/mol. The zero-order chi connectivity index (χ0) is 17.4. The van der Waals surface area contributed by atoms with Crippen LogP contribution < -0.4 is 14.8 Å². The van der Waals surface area contributed by atoms with Crippen LogP contribution in [0.15, 0.2) is 47.4 Å². The SMILES string of the molecule is CCOc1ccc(NC(=O)CSc2ccccc2Cl)cc1OCC. The smallest absolute Gasteiger partial charge is 0.234 e.